The van der Waals surface area contributed by atoms with Gasteiger partial charge in [0.25, 0.3) is 0 Å². The zero-order valence-corrected chi connectivity index (χ0v) is 19.8. The van der Waals surface area contributed by atoms with Crippen LogP contribution in [0.5, 0.6) is 0 Å². The van der Waals surface area contributed by atoms with Crippen LogP contribution in [0.2, 0.25) is 0 Å². The number of sulfonamides is 1. The Hall–Kier alpha value is -2.57. The molecule has 33 heavy (non-hydrogen) atoms. The molecule has 0 bridgehead atoms. The second-order valence-electron chi connectivity index (χ2n) is 7.88. The third-order valence-corrected chi connectivity index (χ3v) is 8.67. The fourth-order valence-electron chi connectivity index (χ4n) is 3.94. The van der Waals surface area contributed by atoms with E-state index in [9.17, 15) is 22.4 Å². The molecule has 3 heterocycles. The van der Waals surface area contributed by atoms with Crippen molar-refractivity contribution < 1.29 is 27.1 Å². The second-order valence-corrected chi connectivity index (χ2v) is 10.9. The number of nitrogens with zero attached hydrogens (tertiary/aromatic N) is 3. The Morgan fingerprint density at radius 2 is 1.91 bits per heavy atom. The summed E-state index contributed by atoms with van der Waals surface area (Å²) in [5.41, 5.74) is 0.871. The number of fused-ring (bicyclic) bond motifs is 1. The van der Waals surface area contributed by atoms with E-state index in [1.807, 2.05) is 0 Å². The number of carbonyl (C=O) groups is 2. The topological polar surface area (TPSA) is 109 Å². The van der Waals surface area contributed by atoms with E-state index in [2.05, 4.69) is 10.3 Å². The van der Waals surface area contributed by atoms with Gasteiger partial charge in [-0.2, -0.15) is 4.31 Å². The number of ether oxygens (including phenoxy) is 1. The van der Waals surface area contributed by atoms with Crippen LogP contribution in [0.1, 0.15) is 30.3 Å². The quantitative estimate of drug-likeness (QED) is 0.682. The van der Waals surface area contributed by atoms with E-state index in [0.717, 1.165) is 22.7 Å². The van der Waals surface area contributed by atoms with E-state index in [0.29, 0.717) is 44.1 Å². The number of anilines is 1. The molecular formula is C21H25FN4O5S2. The van der Waals surface area contributed by atoms with Gasteiger partial charge in [-0.25, -0.2) is 22.6 Å². The van der Waals surface area contributed by atoms with Crippen molar-refractivity contribution in [2.24, 2.45) is 5.92 Å². The Morgan fingerprint density at radius 1 is 1.21 bits per heavy atom. The SMILES string of the molecule is CCOC(=O)N1CCc2nc(NC(=O)C3CCN(S(=O)(=O)c4ccc(F)cc4)CC3)sc2C1. The summed E-state index contributed by atoms with van der Waals surface area (Å²) in [6.07, 6.45) is 1.01. The van der Waals surface area contributed by atoms with Crippen molar-refractivity contribution in [2.75, 3.05) is 31.6 Å². The van der Waals surface area contributed by atoms with Crippen LogP contribution in [-0.4, -0.2) is 60.8 Å². The molecule has 0 spiro atoms. The fourth-order valence-corrected chi connectivity index (χ4v) is 6.44. The minimum atomic E-state index is -3.72. The third kappa shape index (κ3) is 5.17. The van der Waals surface area contributed by atoms with Crippen LogP contribution >= 0.6 is 11.3 Å². The number of carbonyl (C=O) groups excluding carboxylic acids is 2. The molecule has 0 aliphatic carbocycles. The standard InChI is InChI=1S/C21H25FN4O5S2/c1-2-31-21(28)25-10-9-17-18(13-25)32-20(23-17)24-19(27)14-7-11-26(12-8-14)33(29,30)16-5-3-15(22)4-6-16/h3-6,14H,2,7-13H2,1H3,(H,23,24,27). The highest BCUT2D eigenvalue weighted by Crippen LogP contribution is 2.30. The van der Waals surface area contributed by atoms with E-state index in [4.69, 9.17) is 4.74 Å². The van der Waals surface area contributed by atoms with Crippen molar-refractivity contribution >= 4 is 38.5 Å². The maximum atomic E-state index is 13.1. The molecule has 2 amide bonds. The highest BCUT2D eigenvalue weighted by Gasteiger charge is 2.33. The van der Waals surface area contributed by atoms with Crippen LogP contribution < -0.4 is 5.32 Å². The van der Waals surface area contributed by atoms with Gasteiger partial charge in [0.2, 0.25) is 15.9 Å². The summed E-state index contributed by atoms with van der Waals surface area (Å²) in [5, 5.41) is 3.34. The highest BCUT2D eigenvalue weighted by molar-refractivity contribution is 7.89. The molecule has 2 aromatic rings. The molecule has 0 radical (unpaired) electrons. The monoisotopic (exact) mass is 496 g/mol. The summed E-state index contributed by atoms with van der Waals surface area (Å²) < 4.78 is 45.0. The molecule has 178 valence electrons. The molecule has 2 aliphatic rings. The van der Waals surface area contributed by atoms with Gasteiger partial charge in [-0.3, -0.25) is 4.79 Å². The highest BCUT2D eigenvalue weighted by atomic mass is 32.2. The Bertz CT molecular complexity index is 1130. The lowest BCUT2D eigenvalue weighted by Crippen LogP contribution is -2.41. The van der Waals surface area contributed by atoms with Crippen LogP contribution in [0.25, 0.3) is 0 Å². The van der Waals surface area contributed by atoms with E-state index in [1.165, 1.54) is 27.8 Å². The first kappa shape index (κ1) is 23.6. The van der Waals surface area contributed by atoms with Crippen molar-refractivity contribution in [3.8, 4) is 0 Å². The number of thiazole rings is 1. The molecule has 0 unspecified atom stereocenters. The summed E-state index contributed by atoms with van der Waals surface area (Å²) in [6, 6.07) is 4.73. The Balaban J connectivity index is 1.33. The van der Waals surface area contributed by atoms with E-state index >= 15 is 0 Å². The predicted molar refractivity (Wildman–Crippen MR) is 120 cm³/mol. The molecule has 1 fully saturated rings. The molecule has 1 aromatic carbocycles. The van der Waals surface area contributed by atoms with Gasteiger partial charge in [-0.05, 0) is 44.0 Å². The lowest BCUT2D eigenvalue weighted by molar-refractivity contribution is -0.120. The number of benzene rings is 1. The summed E-state index contributed by atoms with van der Waals surface area (Å²) in [7, 11) is -3.72. The first-order chi connectivity index (χ1) is 15.8. The number of halogens is 1. The average molecular weight is 497 g/mol. The second kappa shape index (κ2) is 9.74. The van der Waals surface area contributed by atoms with E-state index < -0.39 is 15.8 Å². The largest absolute Gasteiger partial charge is 0.450 e. The molecule has 4 rings (SSSR count). The molecule has 1 aromatic heterocycles. The van der Waals surface area contributed by atoms with Crippen LogP contribution in [-0.2, 0) is 32.5 Å². The summed E-state index contributed by atoms with van der Waals surface area (Å²) in [5.74, 6) is -1.02. The smallest absolute Gasteiger partial charge is 0.410 e. The minimum Gasteiger partial charge on any atom is -0.450 e. The first-order valence-electron chi connectivity index (χ1n) is 10.7. The summed E-state index contributed by atoms with van der Waals surface area (Å²) >= 11 is 1.34. The molecule has 2 aliphatic heterocycles. The Labute approximate surface area is 195 Å². The number of hydrogen-bond donors (Lipinski definition) is 1. The zero-order valence-electron chi connectivity index (χ0n) is 18.1. The van der Waals surface area contributed by atoms with Gasteiger partial charge in [0, 0.05) is 36.9 Å². The summed E-state index contributed by atoms with van der Waals surface area (Å²) in [6.45, 7) is 3.42. The lowest BCUT2D eigenvalue weighted by Gasteiger charge is -2.30. The van der Waals surface area contributed by atoms with Gasteiger partial charge in [-0.1, -0.05) is 11.3 Å². The van der Waals surface area contributed by atoms with Crippen LogP contribution in [0.4, 0.5) is 14.3 Å². The zero-order chi connectivity index (χ0) is 23.6. The number of amides is 2. The van der Waals surface area contributed by atoms with E-state index in [-0.39, 0.29) is 35.9 Å². The normalized spacial score (nSPS) is 17.5. The maximum Gasteiger partial charge on any atom is 0.410 e. The van der Waals surface area contributed by atoms with Crippen LogP contribution in [0.15, 0.2) is 29.2 Å². The van der Waals surface area contributed by atoms with Crippen molar-refractivity contribution in [1.82, 2.24) is 14.2 Å². The van der Waals surface area contributed by atoms with E-state index in [1.54, 1.807) is 11.8 Å². The van der Waals surface area contributed by atoms with Crippen LogP contribution in [0.3, 0.4) is 0 Å². The molecule has 0 atom stereocenters. The van der Waals surface area contributed by atoms with Gasteiger partial charge in [0.05, 0.1) is 23.7 Å². The Morgan fingerprint density at radius 3 is 2.58 bits per heavy atom. The number of hydrogen-bond acceptors (Lipinski definition) is 7. The summed E-state index contributed by atoms with van der Waals surface area (Å²) in [4.78, 5) is 31.8. The Kier molecular flexibility index (Phi) is 6.96. The minimum absolute atomic E-state index is 0.0389. The predicted octanol–water partition coefficient (Wildman–Crippen LogP) is 2.84. The van der Waals surface area contributed by atoms with Gasteiger partial charge >= 0.3 is 6.09 Å². The fraction of sp³-hybridized carbons (Fsp3) is 0.476. The van der Waals surface area contributed by atoms with Crippen molar-refractivity contribution in [3.63, 3.8) is 0 Å². The van der Waals surface area contributed by atoms with Crippen molar-refractivity contribution in [3.05, 3.63) is 40.7 Å². The number of nitrogens with one attached hydrogen (secondary N) is 1. The maximum absolute atomic E-state index is 13.1. The number of piperidine rings is 1. The molecular weight excluding hydrogens is 471 g/mol. The molecule has 1 saturated heterocycles. The van der Waals surface area contributed by atoms with Gasteiger partial charge in [0.15, 0.2) is 5.13 Å². The third-order valence-electron chi connectivity index (χ3n) is 5.76. The van der Waals surface area contributed by atoms with Gasteiger partial charge < -0.3 is 15.0 Å². The molecule has 1 N–H and O–H groups in total. The first-order valence-corrected chi connectivity index (χ1v) is 13.0. The lowest BCUT2D eigenvalue weighted by atomic mass is 9.97. The number of aromatic nitrogens is 1. The van der Waals surface area contributed by atoms with Crippen molar-refractivity contribution in [1.29, 1.82) is 0 Å². The van der Waals surface area contributed by atoms with Gasteiger partial charge in [-0.15, -0.1) is 0 Å². The number of rotatable bonds is 5. The van der Waals surface area contributed by atoms with Crippen molar-refractivity contribution in [2.45, 2.75) is 37.6 Å². The van der Waals surface area contributed by atoms with Crippen LogP contribution in [0, 0.1) is 11.7 Å². The van der Waals surface area contributed by atoms with Gasteiger partial charge in [0.1, 0.15) is 5.82 Å². The average Bonchev–Trinajstić information content (AvgIpc) is 3.21. The molecule has 9 nitrogen and oxygen atoms in total. The molecule has 12 heteroatoms. The molecule has 0 saturated carbocycles.